The van der Waals surface area contributed by atoms with Crippen molar-refractivity contribution >= 4 is 40.8 Å². The number of aromatic nitrogens is 1. The fourth-order valence-electron chi connectivity index (χ4n) is 4.08. The van der Waals surface area contributed by atoms with Crippen molar-refractivity contribution in [2.75, 3.05) is 49.7 Å². The number of hydrogen-bond donors (Lipinski definition) is 1. The summed E-state index contributed by atoms with van der Waals surface area (Å²) in [5, 5.41) is 4.26. The molecule has 1 N–H and O–H groups in total. The van der Waals surface area contributed by atoms with Crippen molar-refractivity contribution in [2.24, 2.45) is 0 Å². The van der Waals surface area contributed by atoms with Crippen molar-refractivity contribution < 1.29 is 32.7 Å². The summed E-state index contributed by atoms with van der Waals surface area (Å²) in [6.45, 7) is 0.838. The minimum Gasteiger partial charge on any atom is -0.490 e. The summed E-state index contributed by atoms with van der Waals surface area (Å²) in [4.78, 5) is 37.0. The number of thiocarbonyl (C=S) groups is 1. The Balaban J connectivity index is 1.37. The maximum Gasteiger partial charge on any atom is 0.414 e. The highest BCUT2D eigenvalue weighted by molar-refractivity contribution is 7.80. The van der Waals surface area contributed by atoms with E-state index in [9.17, 15) is 9.59 Å². The summed E-state index contributed by atoms with van der Waals surface area (Å²) in [5.74, 6) is -1.66. The first kappa shape index (κ1) is 26.5. The minimum atomic E-state index is -0.832. The van der Waals surface area contributed by atoms with Crippen LogP contribution in [0.1, 0.15) is 18.4 Å². The van der Waals surface area contributed by atoms with Crippen LogP contribution < -0.4 is 15.1 Å². The van der Waals surface area contributed by atoms with Gasteiger partial charge in [-0.25, -0.2) is 23.4 Å². The number of hydrogen-bond acceptors (Lipinski definition) is 8. The van der Waals surface area contributed by atoms with E-state index in [2.05, 4.69) is 10.3 Å². The van der Waals surface area contributed by atoms with Gasteiger partial charge in [0.25, 0.3) is 0 Å². The van der Waals surface area contributed by atoms with Crippen LogP contribution in [-0.4, -0.2) is 73.2 Å². The average molecular weight is 536 g/mol. The normalized spacial score (nSPS) is 17.9. The highest BCUT2D eigenvalue weighted by Gasteiger charge is 2.34. The number of rotatable bonds is 7. The van der Waals surface area contributed by atoms with Gasteiger partial charge in [0, 0.05) is 50.6 Å². The van der Waals surface area contributed by atoms with Gasteiger partial charge in [-0.2, -0.15) is 0 Å². The lowest BCUT2D eigenvalue weighted by atomic mass is 10.2. The molecule has 1 aromatic carbocycles. The average Bonchev–Trinajstić information content (AvgIpc) is 3.10. The number of cyclic esters (lactones) is 1. The first-order valence-electron chi connectivity index (χ1n) is 11.7. The Morgan fingerprint density at radius 3 is 2.76 bits per heavy atom. The van der Waals surface area contributed by atoms with Crippen LogP contribution in [0.5, 0.6) is 0 Å². The van der Waals surface area contributed by atoms with Gasteiger partial charge in [0.2, 0.25) is 0 Å². The van der Waals surface area contributed by atoms with Crippen molar-refractivity contribution in [1.82, 2.24) is 15.4 Å². The largest absolute Gasteiger partial charge is 0.490 e. The Hall–Kier alpha value is -3.58. The smallest absolute Gasteiger partial charge is 0.414 e. The van der Waals surface area contributed by atoms with Crippen LogP contribution in [-0.2, 0) is 20.9 Å². The molecule has 3 heterocycles. The molecular weight excluding hydrogens is 508 g/mol. The van der Waals surface area contributed by atoms with E-state index in [1.54, 1.807) is 18.5 Å². The number of amides is 3. The molecular formula is C24H27F2N5O5S. The molecule has 198 valence electrons. The van der Waals surface area contributed by atoms with E-state index in [1.165, 1.54) is 16.9 Å². The van der Waals surface area contributed by atoms with Crippen molar-refractivity contribution in [3.05, 3.63) is 53.9 Å². The van der Waals surface area contributed by atoms with Crippen LogP contribution in [0.2, 0.25) is 0 Å². The molecule has 0 bridgehead atoms. The highest BCUT2D eigenvalue weighted by atomic mass is 32.1. The predicted molar refractivity (Wildman–Crippen MR) is 134 cm³/mol. The number of halogens is 2. The number of urea groups is 1. The number of nitrogens with one attached hydrogen (secondary N) is 1. The van der Waals surface area contributed by atoms with Gasteiger partial charge in [-0.3, -0.25) is 14.7 Å². The Labute approximate surface area is 218 Å². The van der Waals surface area contributed by atoms with Gasteiger partial charge in [-0.05, 0) is 30.3 Å². The summed E-state index contributed by atoms with van der Waals surface area (Å²) in [6.07, 6.45) is 2.99. The summed E-state index contributed by atoms with van der Waals surface area (Å²) >= 11 is 5.00. The summed E-state index contributed by atoms with van der Waals surface area (Å²) in [7, 11) is 1.47. The molecule has 0 unspecified atom stereocenters. The van der Waals surface area contributed by atoms with Crippen molar-refractivity contribution in [3.8, 4) is 0 Å². The molecule has 1 aromatic heterocycles. The quantitative estimate of drug-likeness (QED) is 0.539. The van der Waals surface area contributed by atoms with Crippen molar-refractivity contribution in [2.45, 2.75) is 25.5 Å². The van der Waals surface area contributed by atoms with Crippen LogP contribution in [0, 0.1) is 11.6 Å². The second-order valence-electron chi connectivity index (χ2n) is 8.43. The number of nitrogens with zero attached hydrogens (tertiary/aromatic N) is 4. The summed E-state index contributed by atoms with van der Waals surface area (Å²) < 4.78 is 40.5. The van der Waals surface area contributed by atoms with Gasteiger partial charge in [0.15, 0.2) is 16.7 Å². The van der Waals surface area contributed by atoms with Gasteiger partial charge < -0.3 is 19.7 Å². The Bertz CT molecular complexity index is 1120. The SMILES string of the molecule is COC(=S)CC[C@H]1CN(c2cc(F)c(N3CCON(C(=O)NCc4cccnc4)CC3)c(F)c2)C(=O)O1. The lowest BCUT2D eigenvalue weighted by Gasteiger charge is -2.24. The third-order valence-electron chi connectivity index (χ3n) is 5.98. The first-order chi connectivity index (χ1) is 17.9. The summed E-state index contributed by atoms with van der Waals surface area (Å²) in [5.41, 5.74) is 0.630. The van der Waals surface area contributed by atoms with Crippen LogP contribution in [0.4, 0.5) is 29.7 Å². The fourth-order valence-corrected chi connectivity index (χ4v) is 4.19. The highest BCUT2D eigenvalue weighted by Crippen LogP contribution is 2.32. The number of anilines is 2. The molecule has 1 atom stereocenters. The topological polar surface area (TPSA) is 96.5 Å². The molecule has 10 nitrogen and oxygen atoms in total. The molecule has 37 heavy (non-hydrogen) atoms. The maximum atomic E-state index is 15.1. The van der Waals surface area contributed by atoms with Gasteiger partial charge in [0.1, 0.15) is 11.8 Å². The minimum absolute atomic E-state index is 0.0460. The van der Waals surface area contributed by atoms with Crippen molar-refractivity contribution in [1.29, 1.82) is 0 Å². The first-order valence-corrected chi connectivity index (χ1v) is 12.1. The molecule has 2 fully saturated rings. The Morgan fingerprint density at radius 2 is 2.05 bits per heavy atom. The standard InChI is InChI=1S/C24H27F2N5O5S/c1-34-21(37)5-4-18-15-30(24(33)36-18)17-11-19(25)22(20(26)12-17)29-7-8-31(35-10-9-29)23(32)28-14-16-3-2-6-27-13-16/h2-3,6,11-13,18H,4-5,7-10,14-15H2,1H3,(H,28,32)/t18-/m0/s1. The van der Waals surface area contributed by atoms with Crippen molar-refractivity contribution in [3.63, 3.8) is 0 Å². The number of pyridine rings is 1. The molecule has 4 rings (SSSR count). The second-order valence-corrected chi connectivity index (χ2v) is 8.89. The molecule has 0 aliphatic carbocycles. The van der Waals surface area contributed by atoms with Crippen LogP contribution in [0.15, 0.2) is 36.7 Å². The number of carbonyl (C=O) groups is 2. The van der Waals surface area contributed by atoms with E-state index >= 15 is 8.78 Å². The number of methoxy groups -OCH3 is 1. The fraction of sp³-hybridized carbons (Fsp3) is 0.417. The third kappa shape index (κ3) is 6.60. The molecule has 0 radical (unpaired) electrons. The second kappa shape index (κ2) is 12.1. The molecule has 2 aliphatic heterocycles. The molecule has 13 heteroatoms. The summed E-state index contributed by atoms with van der Waals surface area (Å²) in [6, 6.07) is 5.33. The van der Waals surface area contributed by atoms with E-state index < -0.39 is 29.9 Å². The van der Waals surface area contributed by atoms with Gasteiger partial charge in [0.05, 0.1) is 32.5 Å². The van der Waals surface area contributed by atoms with E-state index in [-0.39, 0.29) is 50.7 Å². The molecule has 2 aromatic rings. The number of benzene rings is 1. The molecule has 2 aliphatic rings. The number of hydroxylamine groups is 2. The zero-order valence-electron chi connectivity index (χ0n) is 20.2. The van der Waals surface area contributed by atoms with Crippen LogP contribution in [0.3, 0.4) is 0 Å². The maximum absolute atomic E-state index is 15.1. The number of ether oxygens (including phenoxy) is 2. The van der Waals surface area contributed by atoms with Gasteiger partial charge in [-0.1, -0.05) is 6.07 Å². The van der Waals surface area contributed by atoms with E-state index in [0.717, 1.165) is 22.8 Å². The van der Waals surface area contributed by atoms with E-state index in [1.807, 2.05) is 6.07 Å². The van der Waals surface area contributed by atoms with E-state index in [0.29, 0.717) is 17.9 Å². The van der Waals surface area contributed by atoms with Gasteiger partial charge >= 0.3 is 12.1 Å². The monoisotopic (exact) mass is 535 g/mol. The van der Waals surface area contributed by atoms with Crippen LogP contribution in [0.25, 0.3) is 0 Å². The molecule has 3 amide bonds. The predicted octanol–water partition coefficient (Wildman–Crippen LogP) is 3.40. The lowest BCUT2D eigenvalue weighted by molar-refractivity contribution is -0.104. The molecule has 0 saturated carbocycles. The zero-order chi connectivity index (χ0) is 26.4. The third-order valence-corrected chi connectivity index (χ3v) is 6.35. The van der Waals surface area contributed by atoms with Crippen LogP contribution >= 0.6 is 12.2 Å². The Kier molecular flexibility index (Phi) is 8.66. The van der Waals surface area contributed by atoms with Gasteiger partial charge in [-0.15, -0.1) is 0 Å². The lowest BCUT2D eigenvalue weighted by Crippen LogP contribution is -2.41. The zero-order valence-corrected chi connectivity index (χ0v) is 21.0. The van der Waals surface area contributed by atoms with E-state index in [4.69, 9.17) is 26.5 Å². The Morgan fingerprint density at radius 1 is 1.27 bits per heavy atom. The molecule has 2 saturated heterocycles. The number of carbonyl (C=O) groups excluding carboxylic acids is 2. The molecule has 0 spiro atoms.